The number of benzene rings is 1. The number of amides is 1. The van der Waals surface area contributed by atoms with Crippen LogP contribution in [0, 0.1) is 0 Å². The molecule has 0 saturated carbocycles. The average molecular weight is 320 g/mol. The van der Waals surface area contributed by atoms with E-state index in [-0.39, 0.29) is 12.1 Å². The summed E-state index contributed by atoms with van der Waals surface area (Å²) in [4.78, 5) is 14.0. The lowest BCUT2D eigenvalue weighted by Crippen LogP contribution is -2.60. The first kappa shape index (κ1) is 15.9. The summed E-state index contributed by atoms with van der Waals surface area (Å²) in [6, 6.07) is 6.25. The summed E-state index contributed by atoms with van der Waals surface area (Å²) in [7, 11) is 0. The zero-order valence-electron chi connectivity index (χ0n) is 13.9. The molecular weight excluding hydrogens is 296 g/mol. The fourth-order valence-electron chi connectivity index (χ4n) is 2.70. The molecule has 0 spiro atoms. The Morgan fingerprint density at radius 2 is 2.04 bits per heavy atom. The van der Waals surface area contributed by atoms with Gasteiger partial charge in [-0.1, -0.05) is 6.07 Å². The molecule has 126 valence electrons. The van der Waals surface area contributed by atoms with Gasteiger partial charge in [0.25, 0.3) is 0 Å². The second kappa shape index (κ2) is 6.28. The van der Waals surface area contributed by atoms with E-state index in [2.05, 4.69) is 16.3 Å². The van der Waals surface area contributed by atoms with E-state index in [0.717, 1.165) is 37.6 Å². The largest absolute Gasteiger partial charge is 0.454 e. The third-order valence-electron chi connectivity index (χ3n) is 3.83. The Kier molecular flexibility index (Phi) is 4.35. The Morgan fingerprint density at radius 1 is 1.30 bits per heavy atom. The van der Waals surface area contributed by atoms with Crippen LogP contribution in [0.2, 0.25) is 0 Å². The van der Waals surface area contributed by atoms with Crippen LogP contribution in [0.3, 0.4) is 0 Å². The number of carbonyl (C=O) groups is 1. The van der Waals surface area contributed by atoms with E-state index in [1.54, 1.807) is 0 Å². The fourth-order valence-corrected chi connectivity index (χ4v) is 2.70. The summed E-state index contributed by atoms with van der Waals surface area (Å²) < 4.78 is 16.0. The summed E-state index contributed by atoms with van der Waals surface area (Å²) in [6.45, 7) is 8.60. The summed E-state index contributed by atoms with van der Waals surface area (Å²) in [6.07, 6.45) is 0.619. The molecule has 1 aromatic carbocycles. The second-order valence-electron chi connectivity index (χ2n) is 7.04. The number of nitrogens with zero attached hydrogens (tertiary/aromatic N) is 1. The van der Waals surface area contributed by atoms with Gasteiger partial charge < -0.3 is 19.5 Å². The molecule has 3 rings (SSSR count). The maximum atomic E-state index is 11.7. The van der Waals surface area contributed by atoms with Gasteiger partial charge in [0.2, 0.25) is 6.79 Å². The highest BCUT2D eigenvalue weighted by Gasteiger charge is 2.29. The van der Waals surface area contributed by atoms with Gasteiger partial charge in [-0.3, -0.25) is 4.90 Å². The number of hydrogen-bond donors (Lipinski definition) is 1. The van der Waals surface area contributed by atoms with E-state index < -0.39 is 5.60 Å². The van der Waals surface area contributed by atoms with Crippen molar-refractivity contribution in [2.45, 2.75) is 38.8 Å². The predicted molar refractivity (Wildman–Crippen MR) is 85.9 cm³/mol. The normalized spacial score (nSPS) is 17.7. The van der Waals surface area contributed by atoms with Gasteiger partial charge in [-0.05, 0) is 44.9 Å². The van der Waals surface area contributed by atoms with Gasteiger partial charge in [-0.15, -0.1) is 0 Å². The molecule has 6 heteroatoms. The average Bonchev–Trinajstić information content (AvgIpc) is 2.86. The van der Waals surface area contributed by atoms with Crippen LogP contribution in [0.4, 0.5) is 4.79 Å². The van der Waals surface area contributed by atoms with E-state index >= 15 is 0 Å². The van der Waals surface area contributed by atoms with E-state index in [1.807, 2.05) is 32.9 Å². The van der Waals surface area contributed by atoms with Crippen LogP contribution in [0.15, 0.2) is 18.2 Å². The molecule has 1 aromatic rings. The van der Waals surface area contributed by atoms with Gasteiger partial charge in [-0.2, -0.15) is 0 Å². The van der Waals surface area contributed by atoms with Crippen molar-refractivity contribution in [3.63, 3.8) is 0 Å². The fraction of sp³-hybridized carbons (Fsp3) is 0.588. The highest BCUT2D eigenvalue weighted by molar-refractivity contribution is 5.68. The van der Waals surface area contributed by atoms with E-state index in [1.165, 1.54) is 5.56 Å². The molecule has 2 aliphatic heterocycles. The maximum absolute atomic E-state index is 11.7. The molecule has 0 aliphatic carbocycles. The molecule has 0 radical (unpaired) electrons. The zero-order valence-corrected chi connectivity index (χ0v) is 13.9. The van der Waals surface area contributed by atoms with Gasteiger partial charge in [0.05, 0.1) is 6.04 Å². The van der Waals surface area contributed by atoms with Gasteiger partial charge in [0, 0.05) is 19.6 Å². The summed E-state index contributed by atoms with van der Waals surface area (Å²) in [5, 5.41) is 2.90. The molecule has 1 fully saturated rings. The minimum atomic E-state index is -0.452. The molecule has 0 bridgehead atoms. The van der Waals surface area contributed by atoms with Crippen molar-refractivity contribution in [1.29, 1.82) is 0 Å². The van der Waals surface area contributed by atoms with Gasteiger partial charge in [-0.25, -0.2) is 4.79 Å². The number of fused-ring (bicyclic) bond motifs is 1. The highest BCUT2D eigenvalue weighted by atomic mass is 16.7. The van der Waals surface area contributed by atoms with Crippen molar-refractivity contribution in [3.8, 4) is 11.5 Å². The van der Waals surface area contributed by atoms with Crippen LogP contribution >= 0.6 is 0 Å². The SMILES string of the molecule is CC(C)(C)OC(=O)NC1CN(CCc2ccc3c(c2)OCO3)C1. The molecule has 1 saturated heterocycles. The number of hydrogen-bond acceptors (Lipinski definition) is 5. The van der Waals surface area contributed by atoms with Crippen LogP contribution in [0.5, 0.6) is 11.5 Å². The molecule has 1 amide bonds. The molecule has 6 nitrogen and oxygen atoms in total. The summed E-state index contributed by atoms with van der Waals surface area (Å²) >= 11 is 0. The summed E-state index contributed by atoms with van der Waals surface area (Å²) in [5.74, 6) is 1.65. The van der Waals surface area contributed by atoms with Crippen molar-refractivity contribution in [1.82, 2.24) is 10.2 Å². The van der Waals surface area contributed by atoms with Crippen molar-refractivity contribution in [3.05, 3.63) is 23.8 Å². The molecule has 0 atom stereocenters. The smallest absolute Gasteiger partial charge is 0.407 e. The zero-order chi connectivity index (χ0) is 16.4. The van der Waals surface area contributed by atoms with Gasteiger partial charge >= 0.3 is 6.09 Å². The minimum Gasteiger partial charge on any atom is -0.454 e. The third kappa shape index (κ3) is 4.28. The molecule has 2 heterocycles. The standard InChI is InChI=1S/C17H24N2O4/c1-17(2,3)23-16(20)18-13-9-19(10-13)7-6-12-4-5-14-15(8-12)22-11-21-14/h4-5,8,13H,6-7,9-11H2,1-3H3,(H,18,20). The monoisotopic (exact) mass is 320 g/mol. The molecule has 0 unspecified atom stereocenters. The summed E-state index contributed by atoms with van der Waals surface area (Å²) in [5.41, 5.74) is 0.783. The molecule has 1 N–H and O–H groups in total. The first-order valence-corrected chi connectivity index (χ1v) is 7.99. The molecule has 2 aliphatic rings. The highest BCUT2D eigenvalue weighted by Crippen LogP contribution is 2.32. The lowest BCUT2D eigenvalue weighted by Gasteiger charge is -2.39. The Balaban J connectivity index is 1.37. The number of carbonyl (C=O) groups excluding carboxylic acids is 1. The maximum Gasteiger partial charge on any atom is 0.407 e. The van der Waals surface area contributed by atoms with Crippen LogP contribution in [0.25, 0.3) is 0 Å². The second-order valence-corrected chi connectivity index (χ2v) is 7.04. The lowest BCUT2D eigenvalue weighted by molar-refractivity contribution is 0.0403. The van der Waals surface area contributed by atoms with E-state index in [4.69, 9.17) is 14.2 Å². The lowest BCUT2D eigenvalue weighted by atomic mass is 10.1. The van der Waals surface area contributed by atoms with Crippen molar-refractivity contribution >= 4 is 6.09 Å². The number of likely N-dealkylation sites (tertiary alicyclic amines) is 1. The van der Waals surface area contributed by atoms with Gasteiger partial charge in [0.1, 0.15) is 5.60 Å². The van der Waals surface area contributed by atoms with Crippen molar-refractivity contribution in [2.75, 3.05) is 26.4 Å². The Hall–Kier alpha value is -1.95. The molecule has 0 aromatic heterocycles. The topological polar surface area (TPSA) is 60.0 Å². The van der Waals surface area contributed by atoms with Crippen LogP contribution in [0.1, 0.15) is 26.3 Å². The first-order valence-electron chi connectivity index (χ1n) is 7.99. The Labute approximate surface area is 136 Å². The first-order chi connectivity index (χ1) is 10.9. The van der Waals surface area contributed by atoms with E-state index in [9.17, 15) is 4.79 Å². The number of ether oxygens (including phenoxy) is 3. The Morgan fingerprint density at radius 3 is 2.78 bits per heavy atom. The van der Waals surface area contributed by atoms with E-state index in [0.29, 0.717) is 6.79 Å². The minimum absolute atomic E-state index is 0.182. The van der Waals surface area contributed by atoms with Crippen LogP contribution < -0.4 is 14.8 Å². The quantitative estimate of drug-likeness (QED) is 0.921. The Bertz CT molecular complexity index is 576. The van der Waals surface area contributed by atoms with Crippen LogP contribution in [-0.2, 0) is 11.2 Å². The van der Waals surface area contributed by atoms with Crippen molar-refractivity contribution in [2.24, 2.45) is 0 Å². The predicted octanol–water partition coefficient (Wildman–Crippen LogP) is 2.17. The van der Waals surface area contributed by atoms with Gasteiger partial charge in [0.15, 0.2) is 11.5 Å². The number of alkyl carbamates (subject to hydrolysis) is 1. The third-order valence-corrected chi connectivity index (χ3v) is 3.83. The number of nitrogens with one attached hydrogen (secondary N) is 1. The number of rotatable bonds is 4. The van der Waals surface area contributed by atoms with Crippen molar-refractivity contribution < 1.29 is 19.0 Å². The van der Waals surface area contributed by atoms with Crippen LogP contribution in [-0.4, -0.2) is 49.1 Å². The molecule has 23 heavy (non-hydrogen) atoms. The molecular formula is C17H24N2O4.